The third-order valence-electron chi connectivity index (χ3n) is 11.2. The van der Waals surface area contributed by atoms with Gasteiger partial charge in [-0.2, -0.15) is 0 Å². The fourth-order valence-electron chi connectivity index (χ4n) is 9.45. The number of aliphatic hydroxyl groups is 1. The molecule has 5 aliphatic rings. The van der Waals surface area contributed by atoms with E-state index in [4.69, 9.17) is 9.47 Å². The number of rotatable bonds is 5. The van der Waals surface area contributed by atoms with Gasteiger partial charge < -0.3 is 14.6 Å². The Morgan fingerprint density at radius 3 is 2.82 bits per heavy atom. The minimum Gasteiger partial charge on any atom is -0.466 e. The number of hydrogen-bond donors (Lipinski definition) is 1. The number of carbonyl (C=O) groups is 1. The molecule has 0 amide bonds. The summed E-state index contributed by atoms with van der Waals surface area (Å²) >= 11 is 0. The lowest BCUT2D eigenvalue weighted by molar-refractivity contribution is -0.142. The molecule has 3 saturated carbocycles. The first-order valence-electron chi connectivity index (χ1n) is 13.8. The van der Waals surface area contributed by atoms with Crippen molar-refractivity contribution in [3.05, 3.63) is 11.6 Å². The Balaban J connectivity index is 1.26. The van der Waals surface area contributed by atoms with E-state index in [-0.39, 0.29) is 12.1 Å². The van der Waals surface area contributed by atoms with Crippen LogP contribution in [-0.4, -0.2) is 36.0 Å². The molecule has 1 aliphatic heterocycles. The molecule has 0 aromatic carbocycles. The Labute approximate surface area is 200 Å². The lowest BCUT2D eigenvalue weighted by Gasteiger charge is -2.58. The van der Waals surface area contributed by atoms with Gasteiger partial charge in [-0.1, -0.05) is 39.3 Å². The fourth-order valence-corrected chi connectivity index (χ4v) is 9.45. The van der Waals surface area contributed by atoms with E-state index in [2.05, 4.69) is 33.8 Å². The number of fused-ring (bicyclic) bond motifs is 7. The molecule has 0 aromatic heterocycles. The number of esters is 1. The molecule has 4 heteroatoms. The van der Waals surface area contributed by atoms with Crippen LogP contribution in [0.2, 0.25) is 0 Å². The molecule has 0 bridgehead atoms. The lowest BCUT2D eigenvalue weighted by Crippen LogP contribution is -2.51. The van der Waals surface area contributed by atoms with E-state index in [0.29, 0.717) is 47.4 Å². The Morgan fingerprint density at radius 1 is 1.27 bits per heavy atom. The Hall–Kier alpha value is -0.870. The van der Waals surface area contributed by atoms with E-state index < -0.39 is 0 Å². The van der Waals surface area contributed by atoms with Crippen molar-refractivity contribution in [1.29, 1.82) is 0 Å². The van der Waals surface area contributed by atoms with E-state index in [0.717, 1.165) is 49.9 Å². The maximum atomic E-state index is 11.1. The van der Waals surface area contributed by atoms with Crippen molar-refractivity contribution in [2.45, 2.75) is 111 Å². The van der Waals surface area contributed by atoms with Gasteiger partial charge in [-0.15, -0.1) is 0 Å². The van der Waals surface area contributed by atoms with Gasteiger partial charge in [0.05, 0.1) is 24.9 Å². The Kier molecular flexibility index (Phi) is 6.26. The number of aliphatic hydroxyl groups excluding tert-OH is 1. The monoisotopic (exact) mass is 458 g/mol. The molecule has 1 saturated heterocycles. The van der Waals surface area contributed by atoms with E-state index in [1.165, 1.54) is 32.6 Å². The average Bonchev–Trinajstić information content (AvgIpc) is 3.24. The SMILES string of the molecule is CC(=O)OC[C@H](C)CC[C@H]1O[C@H]2C[C@H]3[C@@H]4CC=C5C[C@@H](O)CC[C@]5(C)[C@H]4CC[C@]3(C)[C@H]2[C@@H]1C. The highest BCUT2D eigenvalue weighted by Crippen LogP contribution is 2.69. The second-order valence-electron chi connectivity index (χ2n) is 13.0. The zero-order valence-corrected chi connectivity index (χ0v) is 21.5. The standard InChI is InChI=1S/C29H46O4/c1-17(16-32-19(3)30)6-9-25-18(2)27-26(33-25)15-24-22-8-7-20-14-21(31)10-12-28(20,4)23(22)11-13-29(24,27)5/h7,17-18,21-27,31H,6,8-16H2,1-5H3/t17-,18-,21+,22-,23+,24+,25-,26+,27+,28+,29+/m1/s1. The maximum Gasteiger partial charge on any atom is 0.302 e. The number of ether oxygens (including phenoxy) is 2. The number of carbonyl (C=O) groups excluding carboxylic acids is 1. The van der Waals surface area contributed by atoms with Gasteiger partial charge in [0.25, 0.3) is 0 Å². The van der Waals surface area contributed by atoms with Crippen molar-refractivity contribution in [1.82, 2.24) is 0 Å². The van der Waals surface area contributed by atoms with E-state index in [9.17, 15) is 9.90 Å². The summed E-state index contributed by atoms with van der Waals surface area (Å²) in [5.41, 5.74) is 2.28. The highest BCUT2D eigenvalue weighted by atomic mass is 16.5. The van der Waals surface area contributed by atoms with Gasteiger partial charge in [0, 0.05) is 6.92 Å². The summed E-state index contributed by atoms with van der Waals surface area (Å²) in [6, 6.07) is 0. The van der Waals surface area contributed by atoms with Crippen molar-refractivity contribution < 1.29 is 19.4 Å². The van der Waals surface area contributed by atoms with Crippen LogP contribution in [-0.2, 0) is 14.3 Å². The van der Waals surface area contributed by atoms with E-state index in [1.807, 2.05) is 0 Å². The molecule has 4 fully saturated rings. The highest BCUT2D eigenvalue weighted by Gasteiger charge is 2.64. The van der Waals surface area contributed by atoms with Crippen molar-refractivity contribution in [2.24, 2.45) is 46.3 Å². The van der Waals surface area contributed by atoms with Crippen LogP contribution in [0.3, 0.4) is 0 Å². The van der Waals surface area contributed by atoms with Crippen LogP contribution >= 0.6 is 0 Å². The normalized spacial score (nSPS) is 49.3. The molecule has 5 rings (SSSR count). The second kappa shape index (κ2) is 8.66. The Bertz CT molecular complexity index is 790. The summed E-state index contributed by atoms with van der Waals surface area (Å²) in [6.45, 7) is 11.8. The van der Waals surface area contributed by atoms with Crippen LogP contribution < -0.4 is 0 Å². The average molecular weight is 459 g/mol. The number of allylic oxidation sites excluding steroid dienone is 1. The van der Waals surface area contributed by atoms with Crippen molar-refractivity contribution in [2.75, 3.05) is 6.61 Å². The van der Waals surface area contributed by atoms with Gasteiger partial charge in [0.2, 0.25) is 0 Å². The zero-order chi connectivity index (χ0) is 23.5. The van der Waals surface area contributed by atoms with Crippen LogP contribution in [0.5, 0.6) is 0 Å². The third-order valence-corrected chi connectivity index (χ3v) is 11.2. The molecular weight excluding hydrogens is 412 g/mol. The maximum absolute atomic E-state index is 11.1. The first-order chi connectivity index (χ1) is 15.6. The van der Waals surface area contributed by atoms with Gasteiger partial charge in [-0.25, -0.2) is 0 Å². The predicted molar refractivity (Wildman–Crippen MR) is 129 cm³/mol. The molecule has 4 aliphatic carbocycles. The van der Waals surface area contributed by atoms with Gasteiger partial charge >= 0.3 is 5.97 Å². The van der Waals surface area contributed by atoms with Crippen LogP contribution in [0.4, 0.5) is 0 Å². The molecule has 0 spiro atoms. The van der Waals surface area contributed by atoms with Crippen LogP contribution in [0.25, 0.3) is 0 Å². The lowest BCUT2D eigenvalue weighted by atomic mass is 9.47. The molecule has 186 valence electrons. The number of hydrogen-bond acceptors (Lipinski definition) is 4. The van der Waals surface area contributed by atoms with E-state index >= 15 is 0 Å². The molecule has 4 nitrogen and oxygen atoms in total. The molecule has 1 N–H and O–H groups in total. The summed E-state index contributed by atoms with van der Waals surface area (Å²) < 4.78 is 12.0. The van der Waals surface area contributed by atoms with Gasteiger partial charge in [-0.3, -0.25) is 4.79 Å². The summed E-state index contributed by atoms with van der Waals surface area (Å²) in [5.74, 6) is 3.85. The quantitative estimate of drug-likeness (QED) is 0.410. The summed E-state index contributed by atoms with van der Waals surface area (Å²) in [7, 11) is 0. The molecule has 1 heterocycles. The first-order valence-corrected chi connectivity index (χ1v) is 13.8. The van der Waals surface area contributed by atoms with Crippen LogP contribution in [0.1, 0.15) is 92.4 Å². The second-order valence-corrected chi connectivity index (χ2v) is 13.0. The molecule has 33 heavy (non-hydrogen) atoms. The minimum atomic E-state index is -0.181. The largest absolute Gasteiger partial charge is 0.466 e. The van der Waals surface area contributed by atoms with Gasteiger partial charge in [0.15, 0.2) is 0 Å². The molecule has 11 atom stereocenters. The van der Waals surface area contributed by atoms with Gasteiger partial charge in [0.1, 0.15) is 0 Å². The summed E-state index contributed by atoms with van der Waals surface area (Å²) in [5, 5.41) is 10.3. The minimum absolute atomic E-state index is 0.122. The molecule has 0 aromatic rings. The highest BCUT2D eigenvalue weighted by molar-refractivity contribution is 5.65. The first kappa shape index (κ1) is 23.9. The van der Waals surface area contributed by atoms with Crippen LogP contribution in [0, 0.1) is 46.3 Å². The van der Waals surface area contributed by atoms with Crippen LogP contribution in [0.15, 0.2) is 11.6 Å². The van der Waals surface area contributed by atoms with Crippen molar-refractivity contribution >= 4 is 5.97 Å². The summed E-state index contributed by atoms with van der Waals surface area (Å²) in [4.78, 5) is 11.1. The fraction of sp³-hybridized carbons (Fsp3) is 0.897. The Morgan fingerprint density at radius 2 is 2.06 bits per heavy atom. The zero-order valence-electron chi connectivity index (χ0n) is 21.5. The smallest absolute Gasteiger partial charge is 0.302 e. The third kappa shape index (κ3) is 3.92. The topological polar surface area (TPSA) is 55.8 Å². The predicted octanol–water partition coefficient (Wildman–Crippen LogP) is 5.92. The van der Waals surface area contributed by atoms with Crippen molar-refractivity contribution in [3.63, 3.8) is 0 Å². The van der Waals surface area contributed by atoms with E-state index in [1.54, 1.807) is 5.57 Å². The molecular formula is C29H46O4. The van der Waals surface area contributed by atoms with Crippen molar-refractivity contribution in [3.8, 4) is 0 Å². The molecule has 0 unspecified atom stereocenters. The van der Waals surface area contributed by atoms with Gasteiger partial charge in [-0.05, 0) is 104 Å². The molecule has 0 radical (unpaired) electrons. The summed E-state index contributed by atoms with van der Waals surface area (Å²) in [6.07, 6.45) is 13.5.